The second kappa shape index (κ2) is 2.05. The molecule has 0 saturated heterocycles. The Morgan fingerprint density at radius 2 is 2.23 bits per heavy atom. The number of ether oxygens (including phenoxy) is 2. The largest absolute Gasteiger partial charge is 0.454 e. The smallest absolute Gasteiger partial charge is 0.231 e. The maximum absolute atomic E-state index is 8.69. The molecule has 0 aromatic heterocycles. The van der Waals surface area contributed by atoms with Gasteiger partial charge in [-0.3, -0.25) is 0 Å². The van der Waals surface area contributed by atoms with Crippen molar-refractivity contribution in [2.45, 2.75) is 0 Å². The van der Waals surface area contributed by atoms with Gasteiger partial charge in [-0.25, -0.2) is 0 Å². The van der Waals surface area contributed by atoms with Gasteiger partial charge in [0.1, 0.15) is 0 Å². The fourth-order valence-electron chi connectivity index (χ4n) is 1.61. The van der Waals surface area contributed by atoms with Gasteiger partial charge in [-0.1, -0.05) is 0 Å². The van der Waals surface area contributed by atoms with E-state index in [2.05, 4.69) is 6.07 Å². The topological polar surface area (TPSA) is 42.2 Å². The molecular formula is C10H5NO2. The summed E-state index contributed by atoms with van der Waals surface area (Å²) in [6, 6.07) is 5.84. The molecule has 3 rings (SSSR count). The van der Waals surface area contributed by atoms with Crippen LogP contribution in [-0.4, -0.2) is 6.79 Å². The molecule has 13 heavy (non-hydrogen) atoms. The van der Waals surface area contributed by atoms with E-state index in [1.54, 1.807) is 0 Å². The standard InChI is InChI=1S/C10H5NO2/c11-4-6-3-8-7(6)1-2-9-10(8)13-5-12-9/h1-3H,5H2. The number of hydrogen-bond acceptors (Lipinski definition) is 3. The highest BCUT2D eigenvalue weighted by Gasteiger charge is 2.26. The molecule has 1 aliphatic heterocycles. The van der Waals surface area contributed by atoms with E-state index < -0.39 is 0 Å². The summed E-state index contributed by atoms with van der Waals surface area (Å²) in [5.74, 6) is 1.54. The molecule has 1 aromatic rings. The molecular weight excluding hydrogens is 166 g/mol. The molecule has 0 fully saturated rings. The molecule has 0 N–H and O–H groups in total. The molecule has 0 spiro atoms. The van der Waals surface area contributed by atoms with Gasteiger partial charge in [0.25, 0.3) is 0 Å². The van der Waals surface area contributed by atoms with Crippen LogP contribution in [0.15, 0.2) is 12.1 Å². The predicted octanol–water partition coefficient (Wildman–Crippen LogP) is 1.79. The summed E-state index contributed by atoms with van der Waals surface area (Å²) in [6.07, 6.45) is 1.82. The third kappa shape index (κ3) is 0.676. The first-order valence-electron chi connectivity index (χ1n) is 3.95. The molecule has 62 valence electrons. The third-order valence-electron chi connectivity index (χ3n) is 2.28. The van der Waals surface area contributed by atoms with E-state index in [9.17, 15) is 0 Å². The van der Waals surface area contributed by atoms with E-state index >= 15 is 0 Å². The van der Waals surface area contributed by atoms with E-state index in [1.165, 1.54) is 0 Å². The van der Waals surface area contributed by atoms with Crippen LogP contribution in [0.3, 0.4) is 0 Å². The van der Waals surface area contributed by atoms with Crippen LogP contribution in [0.1, 0.15) is 11.1 Å². The lowest BCUT2D eigenvalue weighted by Gasteiger charge is -2.15. The average molecular weight is 171 g/mol. The number of hydrogen-bond donors (Lipinski definition) is 0. The second-order valence-corrected chi connectivity index (χ2v) is 2.93. The molecule has 1 aromatic carbocycles. The van der Waals surface area contributed by atoms with Crippen molar-refractivity contribution in [3.63, 3.8) is 0 Å². The van der Waals surface area contributed by atoms with Crippen molar-refractivity contribution in [3.05, 3.63) is 23.3 Å². The number of rotatable bonds is 0. The van der Waals surface area contributed by atoms with E-state index in [0.717, 1.165) is 22.6 Å². The van der Waals surface area contributed by atoms with Crippen molar-refractivity contribution in [1.29, 1.82) is 5.26 Å². The molecule has 0 amide bonds. The first-order chi connectivity index (χ1) is 6.40. The minimum Gasteiger partial charge on any atom is -0.454 e. The monoisotopic (exact) mass is 171 g/mol. The maximum Gasteiger partial charge on any atom is 0.231 e. The van der Waals surface area contributed by atoms with Crippen molar-refractivity contribution >= 4 is 11.6 Å². The Morgan fingerprint density at radius 3 is 3.08 bits per heavy atom. The van der Waals surface area contributed by atoms with Crippen LogP contribution in [0.2, 0.25) is 0 Å². The fourth-order valence-corrected chi connectivity index (χ4v) is 1.61. The summed E-state index contributed by atoms with van der Waals surface area (Å²) in [5, 5.41) is 8.69. The molecule has 0 unspecified atom stereocenters. The zero-order chi connectivity index (χ0) is 8.84. The van der Waals surface area contributed by atoms with Crippen LogP contribution < -0.4 is 9.47 Å². The van der Waals surface area contributed by atoms with Gasteiger partial charge in [-0.15, -0.1) is 0 Å². The Labute approximate surface area is 74.8 Å². The minimum absolute atomic E-state index is 0.279. The van der Waals surface area contributed by atoms with Gasteiger partial charge >= 0.3 is 0 Å². The van der Waals surface area contributed by atoms with Gasteiger partial charge in [0.15, 0.2) is 11.5 Å². The lowest BCUT2D eigenvalue weighted by atomic mass is 9.88. The summed E-state index contributed by atoms with van der Waals surface area (Å²) in [4.78, 5) is 0. The van der Waals surface area contributed by atoms with E-state index in [0.29, 0.717) is 5.57 Å². The van der Waals surface area contributed by atoms with Crippen LogP contribution in [0.4, 0.5) is 0 Å². The van der Waals surface area contributed by atoms with Crippen LogP contribution in [-0.2, 0) is 0 Å². The maximum atomic E-state index is 8.69. The first kappa shape index (κ1) is 6.55. The number of allylic oxidation sites excluding steroid dienone is 1. The number of fused-ring (bicyclic) bond motifs is 3. The van der Waals surface area contributed by atoms with Crippen molar-refractivity contribution in [1.82, 2.24) is 0 Å². The van der Waals surface area contributed by atoms with Gasteiger partial charge in [-0.2, -0.15) is 5.26 Å². The second-order valence-electron chi connectivity index (χ2n) is 2.93. The van der Waals surface area contributed by atoms with E-state index in [-0.39, 0.29) is 6.79 Å². The molecule has 1 heterocycles. The van der Waals surface area contributed by atoms with Crippen molar-refractivity contribution in [3.8, 4) is 17.6 Å². The van der Waals surface area contributed by atoms with Crippen LogP contribution in [0.5, 0.6) is 11.5 Å². The van der Waals surface area contributed by atoms with Crippen LogP contribution in [0.25, 0.3) is 11.6 Å². The Kier molecular flexibility index (Phi) is 1.03. The highest BCUT2D eigenvalue weighted by Crippen LogP contribution is 2.45. The van der Waals surface area contributed by atoms with Gasteiger partial charge in [0.05, 0.1) is 11.6 Å². The zero-order valence-corrected chi connectivity index (χ0v) is 6.70. The van der Waals surface area contributed by atoms with E-state index in [1.807, 2.05) is 18.2 Å². The number of nitriles is 1. The summed E-state index contributed by atoms with van der Waals surface area (Å²) >= 11 is 0. The Hall–Kier alpha value is -1.95. The Morgan fingerprint density at radius 1 is 1.31 bits per heavy atom. The predicted molar refractivity (Wildman–Crippen MR) is 46.0 cm³/mol. The van der Waals surface area contributed by atoms with Crippen LogP contribution >= 0.6 is 0 Å². The zero-order valence-electron chi connectivity index (χ0n) is 6.70. The molecule has 3 heteroatoms. The molecule has 0 radical (unpaired) electrons. The first-order valence-corrected chi connectivity index (χ1v) is 3.95. The Bertz CT molecular complexity index is 469. The minimum atomic E-state index is 0.279. The highest BCUT2D eigenvalue weighted by molar-refractivity contribution is 6.04. The SMILES string of the molecule is N#CC1=Cc2c1ccc1c2OCO1. The molecule has 0 atom stereocenters. The van der Waals surface area contributed by atoms with Gasteiger partial charge in [-0.05, 0) is 18.2 Å². The summed E-state index contributed by atoms with van der Waals surface area (Å²) in [6.45, 7) is 0.279. The summed E-state index contributed by atoms with van der Waals surface area (Å²) in [7, 11) is 0. The summed E-state index contributed by atoms with van der Waals surface area (Å²) in [5.41, 5.74) is 2.67. The quantitative estimate of drug-likeness (QED) is 0.597. The molecule has 0 bridgehead atoms. The van der Waals surface area contributed by atoms with Crippen molar-refractivity contribution < 1.29 is 9.47 Å². The Balaban J connectivity index is 2.21. The third-order valence-corrected chi connectivity index (χ3v) is 2.28. The molecule has 3 nitrogen and oxygen atoms in total. The molecule has 0 saturated carbocycles. The number of benzene rings is 1. The number of nitrogens with zero attached hydrogens (tertiary/aromatic N) is 1. The van der Waals surface area contributed by atoms with Gasteiger partial charge in [0, 0.05) is 11.1 Å². The van der Waals surface area contributed by atoms with Gasteiger partial charge < -0.3 is 9.47 Å². The summed E-state index contributed by atoms with van der Waals surface area (Å²) < 4.78 is 10.5. The molecule has 1 aliphatic carbocycles. The van der Waals surface area contributed by atoms with Crippen LogP contribution in [0, 0.1) is 11.3 Å². The fraction of sp³-hybridized carbons (Fsp3) is 0.100. The van der Waals surface area contributed by atoms with Crippen molar-refractivity contribution in [2.75, 3.05) is 6.79 Å². The van der Waals surface area contributed by atoms with Crippen molar-refractivity contribution in [2.24, 2.45) is 0 Å². The van der Waals surface area contributed by atoms with E-state index in [4.69, 9.17) is 14.7 Å². The lowest BCUT2D eigenvalue weighted by Crippen LogP contribution is -1.99. The molecule has 2 aliphatic rings. The normalized spacial score (nSPS) is 15.5. The lowest BCUT2D eigenvalue weighted by molar-refractivity contribution is 0.173. The highest BCUT2D eigenvalue weighted by atomic mass is 16.7. The van der Waals surface area contributed by atoms with Gasteiger partial charge in [0.2, 0.25) is 6.79 Å². The average Bonchev–Trinajstić information content (AvgIpc) is 2.52.